The third-order valence-electron chi connectivity index (χ3n) is 2.78. The molecule has 1 aliphatic rings. The highest BCUT2D eigenvalue weighted by Crippen LogP contribution is 2.28. The van der Waals surface area contributed by atoms with Gasteiger partial charge >= 0.3 is 0 Å². The number of halogens is 1. The molecule has 1 aromatic carbocycles. The highest BCUT2D eigenvalue weighted by Gasteiger charge is 2.25. The summed E-state index contributed by atoms with van der Waals surface area (Å²) in [5.41, 5.74) is 7.77. The van der Waals surface area contributed by atoms with Crippen LogP contribution < -0.4 is 10.6 Å². The summed E-state index contributed by atoms with van der Waals surface area (Å²) in [6, 6.07) is 5.21. The van der Waals surface area contributed by atoms with Crippen molar-refractivity contribution < 1.29 is 4.79 Å². The molecular formula is C11H13ClN2O. The molecule has 1 aromatic rings. The van der Waals surface area contributed by atoms with E-state index in [1.54, 1.807) is 11.9 Å². The fourth-order valence-electron chi connectivity index (χ4n) is 1.86. The Morgan fingerprint density at radius 1 is 1.53 bits per heavy atom. The number of hydrogen-bond acceptors (Lipinski definition) is 2. The number of nitrogens with two attached hydrogens (primary N) is 1. The van der Waals surface area contributed by atoms with Crippen LogP contribution >= 0.6 is 11.6 Å². The molecule has 4 heteroatoms. The molecular weight excluding hydrogens is 212 g/mol. The first kappa shape index (κ1) is 10.5. The van der Waals surface area contributed by atoms with Crippen molar-refractivity contribution in [2.24, 2.45) is 5.73 Å². The molecule has 3 nitrogen and oxygen atoms in total. The first-order chi connectivity index (χ1) is 7.09. The van der Waals surface area contributed by atoms with Crippen LogP contribution in [0.3, 0.4) is 0 Å². The van der Waals surface area contributed by atoms with Gasteiger partial charge in [0.1, 0.15) is 0 Å². The number of rotatable bonds is 0. The van der Waals surface area contributed by atoms with Crippen LogP contribution in [0.2, 0.25) is 5.02 Å². The number of benzene rings is 1. The summed E-state index contributed by atoms with van der Waals surface area (Å²) in [6.45, 7) is 0. The Balaban J connectivity index is 2.48. The number of amides is 1. The minimum absolute atomic E-state index is 0.0454. The van der Waals surface area contributed by atoms with E-state index in [2.05, 4.69) is 0 Å². The largest absolute Gasteiger partial charge is 0.320 e. The second-order valence-corrected chi connectivity index (χ2v) is 4.25. The number of nitrogens with zero attached hydrogens (tertiary/aromatic N) is 1. The molecule has 0 saturated carbocycles. The Hall–Kier alpha value is -1.06. The molecule has 0 aromatic heterocycles. The first-order valence-corrected chi connectivity index (χ1v) is 5.29. The summed E-state index contributed by atoms with van der Waals surface area (Å²) < 4.78 is 0. The summed E-state index contributed by atoms with van der Waals surface area (Å²) in [6.07, 6.45) is 1.52. The quantitative estimate of drug-likeness (QED) is 0.727. The Kier molecular flexibility index (Phi) is 2.67. The summed E-state index contributed by atoms with van der Waals surface area (Å²) in [5.74, 6) is -0.0454. The normalized spacial score (nSPS) is 21.1. The lowest BCUT2D eigenvalue weighted by Crippen LogP contribution is -2.40. The first-order valence-electron chi connectivity index (χ1n) is 4.91. The van der Waals surface area contributed by atoms with Gasteiger partial charge in [0.25, 0.3) is 0 Å². The van der Waals surface area contributed by atoms with Crippen molar-refractivity contribution in [3.63, 3.8) is 0 Å². The third-order valence-corrected chi connectivity index (χ3v) is 3.02. The predicted octanol–water partition coefficient (Wildman–Crippen LogP) is 1.58. The Morgan fingerprint density at radius 3 is 3.00 bits per heavy atom. The lowest BCUT2D eigenvalue weighted by Gasteiger charge is -2.19. The van der Waals surface area contributed by atoms with Gasteiger partial charge in [-0.1, -0.05) is 17.7 Å². The van der Waals surface area contributed by atoms with Gasteiger partial charge in [0.2, 0.25) is 5.91 Å². The zero-order valence-electron chi connectivity index (χ0n) is 8.53. The van der Waals surface area contributed by atoms with E-state index in [9.17, 15) is 4.79 Å². The topological polar surface area (TPSA) is 46.3 Å². The molecule has 0 radical (unpaired) electrons. The van der Waals surface area contributed by atoms with Crippen molar-refractivity contribution in [2.45, 2.75) is 18.9 Å². The van der Waals surface area contributed by atoms with Crippen molar-refractivity contribution in [1.29, 1.82) is 0 Å². The molecule has 1 amide bonds. The van der Waals surface area contributed by atoms with Gasteiger partial charge in [-0.05, 0) is 30.5 Å². The lowest BCUT2D eigenvalue weighted by molar-refractivity contribution is -0.119. The maximum Gasteiger partial charge on any atom is 0.243 e. The van der Waals surface area contributed by atoms with Crippen molar-refractivity contribution in [2.75, 3.05) is 11.9 Å². The summed E-state index contributed by atoms with van der Waals surface area (Å²) in [4.78, 5) is 13.4. The van der Waals surface area contributed by atoms with E-state index >= 15 is 0 Å². The molecule has 0 spiro atoms. The van der Waals surface area contributed by atoms with E-state index in [4.69, 9.17) is 17.3 Å². The summed E-state index contributed by atoms with van der Waals surface area (Å²) in [7, 11) is 1.74. The number of hydrogen-bond donors (Lipinski definition) is 1. The Bertz CT molecular complexity index is 406. The molecule has 0 bridgehead atoms. The van der Waals surface area contributed by atoms with Crippen LogP contribution in [0.5, 0.6) is 0 Å². The maximum absolute atomic E-state index is 11.8. The average molecular weight is 225 g/mol. The smallest absolute Gasteiger partial charge is 0.243 e. The van der Waals surface area contributed by atoms with E-state index in [0.29, 0.717) is 11.4 Å². The molecule has 0 aliphatic carbocycles. The minimum Gasteiger partial charge on any atom is -0.320 e. The summed E-state index contributed by atoms with van der Waals surface area (Å²) >= 11 is 5.91. The number of anilines is 1. The standard InChI is InChI=1S/C11H13ClN2O/c1-14-10-6-8(12)4-2-7(10)3-5-9(13)11(14)15/h2,4,6,9H,3,5,13H2,1H3/t9-/m0/s1. The van der Waals surface area contributed by atoms with E-state index < -0.39 is 6.04 Å². The fraction of sp³-hybridized carbons (Fsp3) is 0.364. The Morgan fingerprint density at radius 2 is 2.27 bits per heavy atom. The van der Waals surface area contributed by atoms with Gasteiger partial charge in [-0.2, -0.15) is 0 Å². The molecule has 0 unspecified atom stereocenters. The van der Waals surface area contributed by atoms with Crippen LogP contribution in [0, 0.1) is 0 Å². The number of fused-ring (bicyclic) bond motifs is 1. The zero-order valence-corrected chi connectivity index (χ0v) is 9.29. The van der Waals surface area contributed by atoms with Crippen molar-refractivity contribution >= 4 is 23.2 Å². The van der Waals surface area contributed by atoms with Crippen molar-refractivity contribution in [3.8, 4) is 0 Å². The van der Waals surface area contributed by atoms with Crippen molar-refractivity contribution in [1.82, 2.24) is 0 Å². The predicted molar refractivity (Wildman–Crippen MR) is 61.2 cm³/mol. The minimum atomic E-state index is -0.402. The molecule has 1 aliphatic heterocycles. The third kappa shape index (κ3) is 1.85. The fourth-order valence-corrected chi connectivity index (χ4v) is 2.03. The molecule has 2 N–H and O–H groups in total. The molecule has 2 rings (SSSR count). The van der Waals surface area contributed by atoms with E-state index in [1.807, 2.05) is 18.2 Å². The highest BCUT2D eigenvalue weighted by molar-refractivity contribution is 6.31. The van der Waals surface area contributed by atoms with Crippen molar-refractivity contribution in [3.05, 3.63) is 28.8 Å². The molecule has 0 fully saturated rings. The zero-order chi connectivity index (χ0) is 11.0. The lowest BCUT2D eigenvalue weighted by atomic mass is 10.1. The molecule has 1 atom stereocenters. The monoisotopic (exact) mass is 224 g/mol. The van der Waals surface area contributed by atoms with Crippen LogP contribution in [0.25, 0.3) is 0 Å². The van der Waals surface area contributed by atoms with E-state index in [-0.39, 0.29) is 5.91 Å². The van der Waals surface area contributed by atoms with E-state index in [1.165, 1.54) is 0 Å². The second-order valence-electron chi connectivity index (χ2n) is 3.82. The molecule has 0 saturated heterocycles. The number of likely N-dealkylation sites (N-methyl/N-ethyl adjacent to an activating group) is 1. The molecule has 1 heterocycles. The average Bonchev–Trinajstić information content (AvgIpc) is 2.32. The number of carbonyl (C=O) groups excluding carboxylic acids is 1. The summed E-state index contributed by atoms with van der Waals surface area (Å²) in [5, 5.41) is 0.642. The Labute approximate surface area is 93.8 Å². The highest BCUT2D eigenvalue weighted by atomic mass is 35.5. The van der Waals surface area contributed by atoms with Gasteiger partial charge < -0.3 is 10.6 Å². The van der Waals surface area contributed by atoms with Crippen LogP contribution in [-0.4, -0.2) is 19.0 Å². The van der Waals surface area contributed by atoms with Gasteiger partial charge in [0.05, 0.1) is 6.04 Å². The molecule has 80 valence electrons. The van der Waals surface area contributed by atoms with Gasteiger partial charge in [0.15, 0.2) is 0 Å². The van der Waals surface area contributed by atoms with E-state index in [0.717, 1.165) is 17.7 Å². The van der Waals surface area contributed by atoms with Crippen LogP contribution in [0.15, 0.2) is 18.2 Å². The number of aryl methyl sites for hydroxylation is 1. The van der Waals surface area contributed by atoms with Crippen LogP contribution in [0.1, 0.15) is 12.0 Å². The van der Waals surface area contributed by atoms with Gasteiger partial charge in [-0.15, -0.1) is 0 Å². The maximum atomic E-state index is 11.8. The van der Waals surface area contributed by atoms with Crippen LogP contribution in [0.4, 0.5) is 5.69 Å². The number of carbonyl (C=O) groups is 1. The van der Waals surface area contributed by atoms with Gasteiger partial charge in [0, 0.05) is 17.8 Å². The van der Waals surface area contributed by atoms with Crippen LogP contribution in [-0.2, 0) is 11.2 Å². The van der Waals surface area contributed by atoms with Gasteiger partial charge in [-0.3, -0.25) is 4.79 Å². The molecule has 15 heavy (non-hydrogen) atoms. The van der Waals surface area contributed by atoms with Gasteiger partial charge in [-0.25, -0.2) is 0 Å². The SMILES string of the molecule is CN1C(=O)[C@@H](N)CCc2ccc(Cl)cc21. The second kappa shape index (κ2) is 3.83.